The first-order valence-electron chi connectivity index (χ1n) is 11.5. The lowest BCUT2D eigenvalue weighted by Gasteiger charge is -2.16. The minimum Gasteiger partial charge on any atom is -0.454 e. The van der Waals surface area contributed by atoms with E-state index in [1.54, 1.807) is 18.7 Å². The van der Waals surface area contributed by atoms with Crippen LogP contribution in [0.25, 0.3) is 11.2 Å². The lowest BCUT2D eigenvalue weighted by atomic mass is 10.2. The molecule has 1 aromatic carbocycles. The summed E-state index contributed by atoms with van der Waals surface area (Å²) in [7, 11) is 0. The zero-order valence-electron chi connectivity index (χ0n) is 19.0. The molecular weight excluding hydrogens is 448 g/mol. The third kappa shape index (κ3) is 4.39. The Balaban J connectivity index is 1.31. The lowest BCUT2D eigenvalue weighted by Crippen LogP contribution is -2.28. The van der Waals surface area contributed by atoms with Gasteiger partial charge in [-0.3, -0.25) is 9.78 Å². The zero-order chi connectivity index (χ0) is 23.6. The lowest BCUT2D eigenvalue weighted by molar-refractivity contribution is -0.127. The summed E-state index contributed by atoms with van der Waals surface area (Å²) in [5.74, 6) is 2.62. The van der Waals surface area contributed by atoms with E-state index in [1.165, 1.54) is 0 Å². The van der Waals surface area contributed by atoms with Gasteiger partial charge in [-0.25, -0.2) is 4.98 Å². The Morgan fingerprint density at radius 2 is 2.03 bits per heavy atom. The van der Waals surface area contributed by atoms with E-state index in [-0.39, 0.29) is 12.7 Å². The summed E-state index contributed by atoms with van der Waals surface area (Å²) in [6.45, 7) is 2.76. The van der Waals surface area contributed by atoms with Gasteiger partial charge in [0.1, 0.15) is 0 Å². The van der Waals surface area contributed by atoms with Crippen LogP contribution in [0.15, 0.2) is 49.1 Å². The van der Waals surface area contributed by atoms with Gasteiger partial charge < -0.3 is 29.6 Å². The molecule has 178 valence electrons. The molecule has 0 unspecified atom stereocenters. The molecule has 0 saturated carbocycles. The number of pyridine rings is 1. The van der Waals surface area contributed by atoms with Crippen LogP contribution in [0.3, 0.4) is 0 Å². The van der Waals surface area contributed by atoms with Crippen molar-refractivity contribution >= 4 is 34.5 Å². The van der Waals surface area contributed by atoms with Gasteiger partial charge in [0.25, 0.3) is 0 Å². The van der Waals surface area contributed by atoms with Crippen LogP contribution in [0.2, 0.25) is 0 Å². The molecule has 2 aliphatic rings. The molecule has 0 radical (unpaired) electrons. The minimum absolute atomic E-state index is 0.202. The van der Waals surface area contributed by atoms with Gasteiger partial charge in [0.05, 0.1) is 6.33 Å². The summed E-state index contributed by atoms with van der Waals surface area (Å²) in [5.41, 5.74) is 3.14. The highest BCUT2D eigenvalue weighted by atomic mass is 16.7. The maximum atomic E-state index is 12.0. The van der Waals surface area contributed by atoms with Crippen molar-refractivity contribution in [2.24, 2.45) is 0 Å². The van der Waals surface area contributed by atoms with Crippen LogP contribution in [0.4, 0.5) is 17.5 Å². The summed E-state index contributed by atoms with van der Waals surface area (Å²) in [6, 6.07) is 9.51. The highest BCUT2D eigenvalue weighted by Crippen LogP contribution is 2.35. The highest BCUT2D eigenvalue weighted by Gasteiger charge is 2.21. The molecule has 35 heavy (non-hydrogen) atoms. The molecule has 4 aromatic rings. The molecule has 2 aliphatic heterocycles. The van der Waals surface area contributed by atoms with Crippen LogP contribution < -0.4 is 20.1 Å². The van der Waals surface area contributed by atoms with E-state index in [9.17, 15) is 4.79 Å². The fraction of sp³-hybridized carbons (Fsp3) is 0.292. The van der Waals surface area contributed by atoms with E-state index in [1.807, 2.05) is 39.8 Å². The van der Waals surface area contributed by atoms with Crippen molar-refractivity contribution in [2.75, 3.05) is 30.5 Å². The van der Waals surface area contributed by atoms with Gasteiger partial charge in [-0.2, -0.15) is 9.97 Å². The number of carbonyl (C=O) groups excluding carboxylic acids is 1. The molecule has 0 spiro atoms. The number of imidazole rings is 1. The maximum Gasteiger partial charge on any atom is 0.231 e. The van der Waals surface area contributed by atoms with Crippen molar-refractivity contribution in [1.82, 2.24) is 29.4 Å². The molecule has 5 heterocycles. The number of ether oxygens (including phenoxy) is 2. The number of carbonyl (C=O) groups is 1. The molecule has 0 aliphatic carbocycles. The van der Waals surface area contributed by atoms with Crippen molar-refractivity contribution in [3.63, 3.8) is 0 Å². The number of nitrogens with zero attached hydrogens (tertiary/aromatic N) is 6. The first kappa shape index (κ1) is 21.1. The number of aromatic nitrogens is 5. The first-order valence-corrected chi connectivity index (χ1v) is 11.5. The van der Waals surface area contributed by atoms with E-state index in [0.29, 0.717) is 60.5 Å². The molecule has 0 atom stereocenters. The Morgan fingerprint density at radius 3 is 2.89 bits per heavy atom. The quantitative estimate of drug-likeness (QED) is 0.399. The van der Waals surface area contributed by atoms with E-state index in [2.05, 4.69) is 20.6 Å². The molecule has 1 saturated heterocycles. The van der Waals surface area contributed by atoms with Crippen molar-refractivity contribution in [3.8, 4) is 11.5 Å². The molecule has 0 bridgehead atoms. The van der Waals surface area contributed by atoms with Crippen LogP contribution in [0.1, 0.15) is 18.4 Å². The number of nitrogens with one attached hydrogen (secondary N) is 2. The number of anilines is 3. The third-order valence-electron chi connectivity index (χ3n) is 6.05. The maximum absolute atomic E-state index is 12.0. The summed E-state index contributed by atoms with van der Waals surface area (Å²) in [6.07, 6.45) is 6.82. The number of fused-ring (bicyclic) bond motifs is 2. The Hall–Kier alpha value is -4.41. The van der Waals surface area contributed by atoms with E-state index in [4.69, 9.17) is 19.4 Å². The normalized spacial score (nSPS) is 14.6. The molecule has 1 fully saturated rings. The van der Waals surface area contributed by atoms with Gasteiger partial charge >= 0.3 is 0 Å². The number of likely N-dealkylation sites (tertiary alicyclic amines) is 1. The fourth-order valence-corrected chi connectivity index (χ4v) is 4.24. The van der Waals surface area contributed by atoms with Gasteiger partial charge in [-0.05, 0) is 30.2 Å². The summed E-state index contributed by atoms with van der Waals surface area (Å²) in [5, 5.41) is 6.64. The predicted octanol–water partition coefficient (Wildman–Crippen LogP) is 2.93. The third-order valence-corrected chi connectivity index (χ3v) is 6.05. The molecule has 3 aromatic heterocycles. The number of rotatable bonds is 8. The van der Waals surface area contributed by atoms with E-state index in [0.717, 1.165) is 24.2 Å². The second-order valence-electron chi connectivity index (χ2n) is 8.40. The van der Waals surface area contributed by atoms with Crippen LogP contribution >= 0.6 is 0 Å². The molecule has 6 rings (SSSR count). The van der Waals surface area contributed by atoms with Crippen molar-refractivity contribution < 1.29 is 14.3 Å². The van der Waals surface area contributed by atoms with Crippen LogP contribution in [-0.2, 0) is 17.9 Å². The summed E-state index contributed by atoms with van der Waals surface area (Å²) >= 11 is 0. The van der Waals surface area contributed by atoms with Gasteiger partial charge in [-0.1, -0.05) is 6.07 Å². The fourth-order valence-electron chi connectivity index (χ4n) is 4.24. The molecule has 11 heteroatoms. The monoisotopic (exact) mass is 472 g/mol. The average Bonchev–Trinajstić information content (AvgIpc) is 3.62. The largest absolute Gasteiger partial charge is 0.454 e. The van der Waals surface area contributed by atoms with Gasteiger partial charge in [-0.15, -0.1) is 0 Å². The smallest absolute Gasteiger partial charge is 0.231 e. The van der Waals surface area contributed by atoms with Crippen molar-refractivity contribution in [2.45, 2.75) is 25.9 Å². The molecular formula is C24H24N8O3. The van der Waals surface area contributed by atoms with Crippen molar-refractivity contribution in [1.29, 1.82) is 0 Å². The van der Waals surface area contributed by atoms with Gasteiger partial charge in [0.2, 0.25) is 18.6 Å². The van der Waals surface area contributed by atoms with Gasteiger partial charge in [0, 0.05) is 56.7 Å². The van der Waals surface area contributed by atoms with E-state index < -0.39 is 0 Å². The second-order valence-corrected chi connectivity index (χ2v) is 8.40. The average molecular weight is 473 g/mol. The van der Waals surface area contributed by atoms with Crippen LogP contribution in [0.5, 0.6) is 11.5 Å². The molecule has 2 N–H and O–H groups in total. The Bertz CT molecular complexity index is 1370. The summed E-state index contributed by atoms with van der Waals surface area (Å²) in [4.78, 5) is 32.1. The number of amides is 1. The SMILES string of the molecule is O=C1CCCN1CCn1cnc2c(Nc3ccc4c(c3)OCO4)nc(NCc3cccnc3)nc21. The summed E-state index contributed by atoms with van der Waals surface area (Å²) < 4.78 is 12.9. The van der Waals surface area contributed by atoms with Crippen LogP contribution in [0, 0.1) is 0 Å². The van der Waals surface area contributed by atoms with Crippen molar-refractivity contribution in [3.05, 3.63) is 54.6 Å². The Labute approximate surface area is 201 Å². The Kier molecular flexibility index (Phi) is 5.49. The zero-order valence-corrected chi connectivity index (χ0v) is 19.0. The van der Waals surface area contributed by atoms with Gasteiger partial charge in [0.15, 0.2) is 28.5 Å². The molecule has 1 amide bonds. The minimum atomic E-state index is 0.202. The topological polar surface area (TPSA) is 119 Å². The van der Waals surface area contributed by atoms with E-state index >= 15 is 0 Å². The second kappa shape index (κ2) is 9.09. The number of benzene rings is 1. The Morgan fingerprint density at radius 1 is 1.09 bits per heavy atom. The first-order chi connectivity index (χ1) is 17.2. The highest BCUT2D eigenvalue weighted by molar-refractivity contribution is 5.87. The standard InChI is InChI=1S/C24H24N8O3/c33-20-4-2-8-31(20)9-10-32-14-27-21-22(28-17-5-6-18-19(11-17)35-15-34-18)29-24(30-23(21)32)26-13-16-3-1-7-25-12-16/h1,3,5-7,11-12,14H,2,4,8-10,13,15H2,(H2,26,28,29,30). The molecule has 11 nitrogen and oxygen atoms in total. The predicted molar refractivity (Wildman–Crippen MR) is 129 cm³/mol. The number of hydrogen-bond acceptors (Lipinski definition) is 9. The van der Waals surface area contributed by atoms with Crippen LogP contribution in [-0.4, -0.2) is 55.2 Å². The number of hydrogen-bond donors (Lipinski definition) is 2.